The molecule has 0 radical (unpaired) electrons. The van der Waals surface area contributed by atoms with Crippen LogP contribution < -0.4 is 44.6 Å². The molecule has 0 aliphatic rings. The Balaban J connectivity index is 2.23. The van der Waals surface area contributed by atoms with Crippen molar-refractivity contribution in [2.75, 3.05) is 13.1 Å². The van der Waals surface area contributed by atoms with Gasteiger partial charge in [0.05, 0.1) is 6.04 Å². The minimum Gasteiger partial charge on any atom is -0.370 e. The van der Waals surface area contributed by atoms with Crippen LogP contribution in [-0.2, 0) is 39.1 Å². The van der Waals surface area contributed by atoms with Crippen LogP contribution in [0.15, 0.2) is 41.5 Å². The molecule has 15 nitrogen and oxygen atoms in total. The summed E-state index contributed by atoms with van der Waals surface area (Å²) in [4.78, 5) is 59.1. The van der Waals surface area contributed by atoms with Gasteiger partial charge in [-0.1, -0.05) is 30.3 Å². The second kappa shape index (κ2) is 18.4. The van der Waals surface area contributed by atoms with Gasteiger partial charge >= 0.3 is 0 Å². The molecule has 1 aromatic carbocycles. The number of carbonyl (C=O) groups is 4. The number of aliphatic imine (C=N–C) groups is 1. The van der Waals surface area contributed by atoms with Crippen molar-refractivity contribution in [1.82, 2.24) is 25.5 Å². The summed E-state index contributed by atoms with van der Waals surface area (Å²) in [6.07, 6.45) is 3.96. The van der Waals surface area contributed by atoms with Crippen molar-refractivity contribution in [1.29, 1.82) is 0 Å². The van der Waals surface area contributed by atoms with Crippen molar-refractivity contribution in [2.45, 2.75) is 69.1 Å². The number of aromatic nitrogens is 2. The lowest BCUT2D eigenvalue weighted by atomic mass is 10.0. The zero-order chi connectivity index (χ0) is 32.6. The first kappa shape index (κ1) is 35.9. The van der Waals surface area contributed by atoms with Gasteiger partial charge in [-0.25, -0.2) is 0 Å². The van der Waals surface area contributed by atoms with Crippen molar-refractivity contribution >= 4 is 41.8 Å². The summed E-state index contributed by atoms with van der Waals surface area (Å²) in [7, 11) is 1.72. The van der Waals surface area contributed by atoms with E-state index in [4.69, 9.17) is 40.9 Å². The maximum atomic E-state index is 13.7. The molecule has 4 amide bonds. The molecule has 14 N–H and O–H groups in total. The predicted molar refractivity (Wildman–Crippen MR) is 170 cm³/mol. The van der Waals surface area contributed by atoms with E-state index >= 15 is 0 Å². The molecule has 0 bridgehead atoms. The van der Waals surface area contributed by atoms with Gasteiger partial charge in [0, 0.05) is 38.3 Å². The second-order valence-corrected chi connectivity index (χ2v) is 10.9. The summed E-state index contributed by atoms with van der Waals surface area (Å²) < 4.78 is 2.10. The van der Waals surface area contributed by atoms with E-state index in [1.54, 1.807) is 17.8 Å². The van der Waals surface area contributed by atoms with Crippen LogP contribution in [0.2, 0.25) is 0 Å². The number of H-pyrrole nitrogens is 1. The smallest absolute Gasteiger partial charge is 0.243 e. The van der Waals surface area contributed by atoms with Crippen molar-refractivity contribution in [3.63, 3.8) is 0 Å². The van der Waals surface area contributed by atoms with Crippen molar-refractivity contribution in [2.24, 2.45) is 40.7 Å². The van der Waals surface area contributed by atoms with Gasteiger partial charge in [-0.05, 0) is 56.4 Å². The van der Waals surface area contributed by atoms with Crippen LogP contribution in [0.3, 0.4) is 0 Å². The lowest BCUT2D eigenvalue weighted by Crippen LogP contribution is -2.58. The van der Waals surface area contributed by atoms with Crippen LogP contribution in [0.5, 0.6) is 0 Å². The molecule has 0 fully saturated rings. The van der Waals surface area contributed by atoms with E-state index < -0.39 is 47.8 Å². The number of nitrogens with one attached hydrogen (secondary N) is 4. The van der Waals surface area contributed by atoms with Crippen LogP contribution >= 0.6 is 12.2 Å². The van der Waals surface area contributed by atoms with Gasteiger partial charge in [-0.3, -0.25) is 24.2 Å². The molecule has 2 rings (SSSR count). The van der Waals surface area contributed by atoms with E-state index in [-0.39, 0.29) is 31.6 Å². The number of primary amides is 1. The third-order valence-corrected chi connectivity index (χ3v) is 7.36. The molecule has 44 heavy (non-hydrogen) atoms. The number of nitrogens with zero attached hydrogens (tertiary/aromatic N) is 2. The lowest BCUT2D eigenvalue weighted by molar-refractivity contribution is -0.133. The number of rotatable bonds is 19. The minimum absolute atomic E-state index is 0.0526. The number of imidazole rings is 1. The van der Waals surface area contributed by atoms with Gasteiger partial charge in [-0.15, -0.1) is 0 Å². The van der Waals surface area contributed by atoms with Crippen LogP contribution in [-0.4, -0.2) is 76.4 Å². The fourth-order valence-corrected chi connectivity index (χ4v) is 4.57. The average Bonchev–Trinajstić information content (AvgIpc) is 3.30. The number of unbranched alkanes of at least 4 members (excludes halogenated alkanes) is 1. The van der Waals surface area contributed by atoms with Crippen molar-refractivity contribution in [3.05, 3.63) is 52.6 Å². The highest BCUT2D eigenvalue weighted by atomic mass is 32.1. The Labute approximate surface area is 261 Å². The number of hydrogen-bond acceptors (Lipinski definition) is 8. The van der Waals surface area contributed by atoms with Crippen molar-refractivity contribution in [3.8, 4) is 0 Å². The molecule has 0 saturated carbocycles. The number of guanidine groups is 1. The lowest BCUT2D eigenvalue weighted by Gasteiger charge is -2.25. The molecular weight excluding hydrogens is 586 g/mol. The Hall–Kier alpha value is -4.28. The number of aromatic amines is 1. The molecule has 2 aromatic rings. The SMILES string of the molecule is Cn1c(C[C@H](NC(=O)C(N)CCCN=C(N)N)C(=O)N[C@@H](CCCCN)C(=O)N[C@@H](Cc2ccccc2)C(N)=O)c[nH]c1=S. The van der Waals surface area contributed by atoms with Crippen LogP contribution in [0, 0.1) is 4.77 Å². The molecule has 0 spiro atoms. The van der Waals surface area contributed by atoms with E-state index in [0.717, 1.165) is 5.56 Å². The van der Waals surface area contributed by atoms with E-state index in [1.165, 1.54) is 0 Å². The molecule has 16 heteroatoms. The van der Waals surface area contributed by atoms with Gasteiger partial charge in [0.2, 0.25) is 23.6 Å². The summed E-state index contributed by atoms with van der Waals surface area (Å²) in [6.45, 7) is 0.692. The molecule has 0 aliphatic heterocycles. The fraction of sp³-hybridized carbons (Fsp3) is 0.500. The average molecular weight is 632 g/mol. The third kappa shape index (κ3) is 12.1. The third-order valence-electron chi connectivity index (χ3n) is 6.97. The van der Waals surface area contributed by atoms with E-state index in [9.17, 15) is 19.2 Å². The van der Waals surface area contributed by atoms with Crippen LogP contribution in [0.4, 0.5) is 0 Å². The van der Waals surface area contributed by atoms with Gasteiger partial charge in [0.15, 0.2) is 10.7 Å². The minimum atomic E-state index is -1.11. The monoisotopic (exact) mass is 631 g/mol. The summed E-state index contributed by atoms with van der Waals surface area (Å²) in [5, 5.41) is 8.13. The number of benzene rings is 1. The summed E-state index contributed by atoms with van der Waals surface area (Å²) in [5.41, 5.74) is 29.4. The van der Waals surface area contributed by atoms with Gasteiger partial charge < -0.3 is 54.2 Å². The molecule has 1 heterocycles. The first-order valence-electron chi connectivity index (χ1n) is 14.4. The summed E-state index contributed by atoms with van der Waals surface area (Å²) >= 11 is 5.24. The van der Waals surface area contributed by atoms with E-state index in [1.807, 2.05) is 30.3 Å². The van der Waals surface area contributed by atoms with E-state index in [2.05, 4.69) is 25.9 Å². The molecule has 0 aliphatic carbocycles. The Morgan fingerprint density at radius 3 is 2.11 bits per heavy atom. The first-order valence-corrected chi connectivity index (χ1v) is 14.8. The zero-order valence-electron chi connectivity index (χ0n) is 25.0. The predicted octanol–water partition coefficient (Wildman–Crippen LogP) is -1.68. The summed E-state index contributed by atoms with van der Waals surface area (Å²) in [5.74, 6) is -2.55. The highest BCUT2D eigenvalue weighted by molar-refractivity contribution is 7.71. The van der Waals surface area contributed by atoms with Gasteiger partial charge in [-0.2, -0.15) is 0 Å². The van der Waals surface area contributed by atoms with E-state index in [0.29, 0.717) is 42.8 Å². The topological polar surface area (TPSA) is 268 Å². The summed E-state index contributed by atoms with van der Waals surface area (Å²) in [6, 6.07) is 5.01. The maximum absolute atomic E-state index is 13.7. The van der Waals surface area contributed by atoms with Gasteiger partial charge in [0.25, 0.3) is 0 Å². The molecule has 0 saturated heterocycles. The Morgan fingerprint density at radius 1 is 0.886 bits per heavy atom. The normalized spacial score (nSPS) is 13.6. The zero-order valence-corrected chi connectivity index (χ0v) is 25.8. The van der Waals surface area contributed by atoms with Crippen LogP contribution in [0.1, 0.15) is 43.4 Å². The molecule has 1 unspecified atom stereocenters. The Kier molecular flexibility index (Phi) is 15.0. The highest BCUT2D eigenvalue weighted by Gasteiger charge is 2.30. The fourth-order valence-electron chi connectivity index (χ4n) is 4.39. The second-order valence-electron chi connectivity index (χ2n) is 10.5. The molecular formula is C28H45N11O4S. The first-order chi connectivity index (χ1) is 20.9. The number of carbonyl (C=O) groups excluding carboxylic acids is 4. The highest BCUT2D eigenvalue weighted by Crippen LogP contribution is 2.09. The Bertz CT molecular complexity index is 1320. The maximum Gasteiger partial charge on any atom is 0.243 e. The molecule has 1 aromatic heterocycles. The van der Waals surface area contributed by atoms with Gasteiger partial charge in [0.1, 0.15) is 18.1 Å². The number of nitrogens with two attached hydrogens (primary N) is 5. The molecule has 242 valence electrons. The molecule has 4 atom stereocenters. The number of amides is 4. The Morgan fingerprint density at radius 2 is 1.52 bits per heavy atom. The number of hydrogen-bond donors (Lipinski definition) is 9. The van der Waals surface area contributed by atoms with Crippen LogP contribution in [0.25, 0.3) is 0 Å². The quantitative estimate of drug-likeness (QED) is 0.0370. The standard InChI is InChI=1S/C28H45N11O4S/c1-39-18(16-35-28(39)44)15-22(38-24(41)19(30)10-7-13-34-27(32)33)26(43)36-20(11-5-6-12-29)25(42)37-21(23(31)40)14-17-8-3-2-4-9-17/h2-4,8-9,16,19-22H,5-7,10-15,29-30H2,1H3,(H2,31,40)(H,35,44)(H,36,43)(H,37,42)(H,38,41)(H4,32,33,34)/t19?,20-,21-,22-/m0/s1. The largest absolute Gasteiger partial charge is 0.370 e. The van der Waals surface area contributed by atoms with Crippen molar-refractivity contribution < 1.29 is 19.2 Å².